The third-order valence-corrected chi connectivity index (χ3v) is 10.5. The van der Waals surface area contributed by atoms with E-state index in [1.807, 2.05) is 20.0 Å². The van der Waals surface area contributed by atoms with Crippen molar-refractivity contribution in [3.63, 3.8) is 0 Å². The Balaban J connectivity index is 2.98. The fourth-order valence-corrected chi connectivity index (χ4v) is 4.17. The van der Waals surface area contributed by atoms with Crippen LogP contribution in [-0.2, 0) is 28.3 Å². The Morgan fingerprint density at radius 1 is 1.18 bits per heavy atom. The highest BCUT2D eigenvalue weighted by Crippen LogP contribution is 2.37. The third kappa shape index (κ3) is 7.50. The first-order valence-electron chi connectivity index (χ1n) is 9.27. The van der Waals surface area contributed by atoms with Crippen molar-refractivity contribution < 1.29 is 26.6 Å². The smallest absolute Gasteiger partial charge is 0.330 e. The number of esters is 1. The monoisotopic (exact) mass is 428 g/mol. The summed E-state index contributed by atoms with van der Waals surface area (Å²) in [4.78, 5) is 11.7. The number of carbonyl (C=O) groups is 1. The second-order valence-corrected chi connectivity index (χ2v) is 14.5. The summed E-state index contributed by atoms with van der Waals surface area (Å²) < 4.78 is 41.3. The van der Waals surface area contributed by atoms with Crippen molar-refractivity contribution in [2.75, 3.05) is 13.2 Å². The third-order valence-electron chi connectivity index (χ3n) is 4.68. The molecule has 158 valence electrons. The van der Waals surface area contributed by atoms with Crippen molar-refractivity contribution in [1.29, 1.82) is 0 Å². The Hall–Kier alpha value is -1.48. The standard InChI is InChI=1S/C20H32O6SSi/c1-8-24-19(21)14-11-17(26-28(6,7)20(3,4)5)15-25-27(22,23)18-12-9-16(2)10-13-18/h9-14,17H,8,15H2,1-7H3/b14-11+/t17-/m0/s1. The minimum atomic E-state index is -3.93. The van der Waals surface area contributed by atoms with Gasteiger partial charge in [0.05, 0.1) is 24.2 Å². The molecule has 1 rings (SSSR count). The molecule has 0 amide bonds. The maximum Gasteiger partial charge on any atom is 0.330 e. The predicted octanol–water partition coefficient (Wildman–Crippen LogP) is 4.21. The molecule has 0 aliphatic heterocycles. The minimum Gasteiger partial charge on any atom is -0.463 e. The van der Waals surface area contributed by atoms with E-state index < -0.39 is 30.5 Å². The van der Waals surface area contributed by atoms with Crippen molar-refractivity contribution in [2.45, 2.75) is 63.8 Å². The zero-order valence-corrected chi connectivity index (χ0v) is 19.6. The molecule has 0 bridgehead atoms. The van der Waals surface area contributed by atoms with E-state index in [0.29, 0.717) is 0 Å². The quantitative estimate of drug-likeness (QED) is 0.254. The Labute approximate surface area is 170 Å². The molecule has 0 aliphatic carbocycles. The molecule has 0 aromatic heterocycles. The van der Waals surface area contributed by atoms with Crippen LogP contribution in [0.5, 0.6) is 0 Å². The van der Waals surface area contributed by atoms with Crippen molar-refractivity contribution in [1.82, 2.24) is 0 Å². The van der Waals surface area contributed by atoms with Crippen LogP contribution in [0.4, 0.5) is 0 Å². The number of rotatable bonds is 9. The number of hydrogen-bond donors (Lipinski definition) is 0. The molecule has 1 aromatic carbocycles. The van der Waals surface area contributed by atoms with E-state index >= 15 is 0 Å². The number of benzene rings is 1. The van der Waals surface area contributed by atoms with Gasteiger partial charge in [0.2, 0.25) is 0 Å². The molecule has 1 atom stereocenters. The molecule has 6 nitrogen and oxygen atoms in total. The molecule has 0 radical (unpaired) electrons. The van der Waals surface area contributed by atoms with Gasteiger partial charge < -0.3 is 9.16 Å². The van der Waals surface area contributed by atoms with E-state index in [1.54, 1.807) is 19.1 Å². The lowest BCUT2D eigenvalue weighted by Gasteiger charge is -2.38. The predicted molar refractivity (Wildman–Crippen MR) is 112 cm³/mol. The van der Waals surface area contributed by atoms with Gasteiger partial charge >= 0.3 is 5.97 Å². The average Bonchev–Trinajstić information content (AvgIpc) is 2.57. The van der Waals surface area contributed by atoms with Gasteiger partial charge in [0, 0.05) is 6.08 Å². The van der Waals surface area contributed by atoms with E-state index in [1.165, 1.54) is 24.3 Å². The Kier molecular flexibility index (Phi) is 8.61. The molecular formula is C20H32O6SSi. The first kappa shape index (κ1) is 24.6. The van der Waals surface area contributed by atoms with Crippen LogP contribution in [-0.4, -0.2) is 42.0 Å². The summed E-state index contributed by atoms with van der Waals surface area (Å²) in [6.45, 7) is 14.0. The summed E-state index contributed by atoms with van der Waals surface area (Å²) in [5, 5.41) is -0.0845. The fourth-order valence-electron chi connectivity index (χ4n) is 1.99. The van der Waals surface area contributed by atoms with Crippen LogP contribution < -0.4 is 0 Å². The molecule has 0 N–H and O–H groups in total. The molecule has 0 fully saturated rings. The number of carbonyl (C=O) groups excluding carboxylic acids is 1. The van der Waals surface area contributed by atoms with Gasteiger partial charge in [0.15, 0.2) is 8.32 Å². The summed E-state index contributed by atoms with van der Waals surface area (Å²) >= 11 is 0. The second-order valence-electron chi connectivity index (χ2n) is 8.08. The van der Waals surface area contributed by atoms with Crippen LogP contribution in [0.2, 0.25) is 18.1 Å². The molecular weight excluding hydrogens is 396 g/mol. The highest BCUT2D eigenvalue weighted by molar-refractivity contribution is 7.86. The van der Waals surface area contributed by atoms with Gasteiger partial charge in [-0.25, -0.2) is 4.79 Å². The molecule has 8 heteroatoms. The summed E-state index contributed by atoms with van der Waals surface area (Å²) in [6.07, 6.45) is 2.07. The topological polar surface area (TPSA) is 78.9 Å². The first-order chi connectivity index (χ1) is 12.8. The minimum absolute atomic E-state index is 0.0820. The van der Waals surface area contributed by atoms with Crippen molar-refractivity contribution >= 4 is 24.4 Å². The Morgan fingerprint density at radius 2 is 1.75 bits per heavy atom. The Bertz CT molecular complexity index is 776. The van der Waals surface area contributed by atoms with Crippen LogP contribution in [0.3, 0.4) is 0 Å². The molecule has 0 unspecified atom stereocenters. The van der Waals surface area contributed by atoms with Gasteiger partial charge in [-0.3, -0.25) is 4.18 Å². The van der Waals surface area contributed by atoms with Crippen LogP contribution in [0.25, 0.3) is 0 Å². The van der Waals surface area contributed by atoms with Crippen molar-refractivity contribution in [3.05, 3.63) is 42.0 Å². The van der Waals surface area contributed by atoms with Gasteiger partial charge in [0.25, 0.3) is 10.1 Å². The SMILES string of the molecule is CCOC(=O)/C=C/[C@@H](COS(=O)(=O)c1ccc(C)cc1)O[Si](C)(C)C(C)(C)C. The number of hydrogen-bond acceptors (Lipinski definition) is 6. The van der Waals surface area contributed by atoms with Crippen LogP contribution in [0.15, 0.2) is 41.3 Å². The van der Waals surface area contributed by atoms with E-state index in [0.717, 1.165) is 5.56 Å². The summed E-state index contributed by atoms with van der Waals surface area (Å²) in [5.74, 6) is -0.507. The summed E-state index contributed by atoms with van der Waals surface area (Å²) in [7, 11) is -6.15. The number of aryl methyl sites for hydroxylation is 1. The lowest BCUT2D eigenvalue weighted by Crippen LogP contribution is -2.44. The highest BCUT2D eigenvalue weighted by Gasteiger charge is 2.39. The van der Waals surface area contributed by atoms with Crippen LogP contribution in [0.1, 0.15) is 33.3 Å². The Morgan fingerprint density at radius 3 is 2.25 bits per heavy atom. The molecule has 0 spiro atoms. The molecule has 0 aliphatic rings. The van der Waals surface area contributed by atoms with Crippen molar-refractivity contribution in [3.8, 4) is 0 Å². The first-order valence-corrected chi connectivity index (χ1v) is 13.6. The number of ether oxygens (including phenoxy) is 1. The second kappa shape index (κ2) is 9.82. The van der Waals surface area contributed by atoms with Gasteiger partial charge in [0.1, 0.15) is 0 Å². The van der Waals surface area contributed by atoms with Crippen molar-refractivity contribution in [2.24, 2.45) is 0 Å². The van der Waals surface area contributed by atoms with Gasteiger partial charge in [-0.15, -0.1) is 0 Å². The van der Waals surface area contributed by atoms with Gasteiger partial charge in [-0.05, 0) is 50.2 Å². The van der Waals surface area contributed by atoms with Gasteiger partial charge in [-0.2, -0.15) is 8.42 Å². The normalized spacial score (nSPS) is 14.2. The molecule has 0 heterocycles. The van der Waals surface area contributed by atoms with E-state index in [2.05, 4.69) is 20.8 Å². The molecule has 0 saturated heterocycles. The largest absolute Gasteiger partial charge is 0.463 e. The van der Waals surface area contributed by atoms with E-state index in [9.17, 15) is 13.2 Å². The highest BCUT2D eigenvalue weighted by atomic mass is 32.2. The maximum absolute atomic E-state index is 12.5. The summed E-state index contributed by atoms with van der Waals surface area (Å²) in [6, 6.07) is 6.42. The molecule has 0 saturated carbocycles. The zero-order valence-electron chi connectivity index (χ0n) is 17.8. The van der Waals surface area contributed by atoms with Crippen LogP contribution in [0, 0.1) is 6.92 Å². The average molecular weight is 429 g/mol. The summed E-state index contributed by atoms with van der Waals surface area (Å²) in [5.41, 5.74) is 0.954. The molecule has 28 heavy (non-hydrogen) atoms. The maximum atomic E-state index is 12.5. The van der Waals surface area contributed by atoms with Crippen LogP contribution >= 0.6 is 0 Å². The van der Waals surface area contributed by atoms with E-state index in [4.69, 9.17) is 13.3 Å². The van der Waals surface area contributed by atoms with Gasteiger partial charge in [-0.1, -0.05) is 38.5 Å². The van der Waals surface area contributed by atoms with E-state index in [-0.39, 0.29) is 23.1 Å². The lowest BCUT2D eigenvalue weighted by atomic mass is 10.2. The fraction of sp³-hybridized carbons (Fsp3) is 0.550. The molecule has 1 aromatic rings. The zero-order chi connectivity index (χ0) is 21.6. The lowest BCUT2D eigenvalue weighted by molar-refractivity contribution is -0.137.